The van der Waals surface area contributed by atoms with Crippen LogP contribution >= 0.6 is 0 Å². The maximum Gasteiger partial charge on any atom is 0.335 e. The van der Waals surface area contributed by atoms with E-state index in [1.165, 1.54) is 12.1 Å². The van der Waals surface area contributed by atoms with E-state index in [1.54, 1.807) is 23.3 Å². The van der Waals surface area contributed by atoms with Crippen molar-refractivity contribution in [3.8, 4) is 0 Å². The van der Waals surface area contributed by atoms with Gasteiger partial charge in [-0.2, -0.15) is 0 Å². The summed E-state index contributed by atoms with van der Waals surface area (Å²) in [5.74, 6) is -0.294. The monoisotopic (exact) mass is 285 g/mol. The van der Waals surface area contributed by atoms with E-state index in [9.17, 15) is 9.59 Å². The number of amides is 1. The second kappa shape index (κ2) is 5.44. The Kier molecular flexibility index (Phi) is 3.48. The van der Waals surface area contributed by atoms with Crippen molar-refractivity contribution in [2.45, 2.75) is 18.9 Å². The van der Waals surface area contributed by atoms with Crippen LogP contribution in [0.5, 0.6) is 0 Å². The fourth-order valence-corrected chi connectivity index (χ4v) is 2.71. The highest BCUT2D eigenvalue weighted by Gasteiger charge is 2.32. The van der Waals surface area contributed by atoms with E-state index in [-0.39, 0.29) is 17.5 Å². The maximum absolute atomic E-state index is 12.6. The summed E-state index contributed by atoms with van der Waals surface area (Å²) in [6.07, 6.45) is 3.43. The third-order valence-corrected chi connectivity index (χ3v) is 3.76. The zero-order valence-corrected chi connectivity index (χ0v) is 11.4. The fraction of sp³-hybridized carbons (Fsp3) is 0.250. The number of hydrogen-bond donors (Lipinski definition) is 1. The van der Waals surface area contributed by atoms with Crippen molar-refractivity contribution in [1.82, 2.24) is 4.90 Å². The highest BCUT2D eigenvalue weighted by atomic mass is 16.4. The van der Waals surface area contributed by atoms with Crippen molar-refractivity contribution in [1.29, 1.82) is 0 Å². The van der Waals surface area contributed by atoms with Gasteiger partial charge in [0.2, 0.25) is 0 Å². The standard InChI is InChI=1S/C16H15NO4/c18-15(11-5-7-12(8-6-11)16(19)20)17-9-1-3-13(17)14-4-2-10-21-14/h2,4-8,10,13H,1,3,9H2,(H,19,20). The molecule has 1 aliphatic rings. The van der Waals surface area contributed by atoms with Crippen LogP contribution in [0.3, 0.4) is 0 Å². The highest BCUT2D eigenvalue weighted by Crippen LogP contribution is 2.33. The number of likely N-dealkylation sites (tertiary alicyclic amines) is 1. The van der Waals surface area contributed by atoms with Gasteiger partial charge >= 0.3 is 5.97 Å². The lowest BCUT2D eigenvalue weighted by Crippen LogP contribution is -2.30. The molecule has 21 heavy (non-hydrogen) atoms. The van der Waals surface area contributed by atoms with Gasteiger partial charge < -0.3 is 14.4 Å². The normalized spacial score (nSPS) is 17.9. The first-order valence-corrected chi connectivity index (χ1v) is 6.84. The number of aromatic carboxylic acids is 1. The smallest absolute Gasteiger partial charge is 0.335 e. The van der Waals surface area contributed by atoms with Crippen LogP contribution in [-0.4, -0.2) is 28.4 Å². The minimum absolute atomic E-state index is 0.0355. The molecule has 1 aromatic carbocycles. The average Bonchev–Trinajstić information content (AvgIpc) is 3.17. The van der Waals surface area contributed by atoms with Crippen LogP contribution in [0.1, 0.15) is 45.4 Å². The van der Waals surface area contributed by atoms with Gasteiger partial charge in [0.05, 0.1) is 17.9 Å². The Morgan fingerprint density at radius 3 is 2.48 bits per heavy atom. The van der Waals surface area contributed by atoms with Gasteiger partial charge in [-0.15, -0.1) is 0 Å². The summed E-state index contributed by atoms with van der Waals surface area (Å²) in [7, 11) is 0. The van der Waals surface area contributed by atoms with E-state index in [0.29, 0.717) is 12.1 Å². The average molecular weight is 285 g/mol. The Hall–Kier alpha value is -2.56. The number of furan rings is 1. The first kappa shape index (κ1) is 13.4. The number of hydrogen-bond acceptors (Lipinski definition) is 3. The second-order valence-electron chi connectivity index (χ2n) is 5.05. The van der Waals surface area contributed by atoms with E-state index < -0.39 is 5.97 Å². The molecule has 5 nitrogen and oxygen atoms in total. The topological polar surface area (TPSA) is 70.8 Å². The summed E-state index contributed by atoms with van der Waals surface area (Å²) in [4.78, 5) is 25.2. The fourth-order valence-electron chi connectivity index (χ4n) is 2.71. The Morgan fingerprint density at radius 2 is 1.86 bits per heavy atom. The number of benzene rings is 1. The van der Waals surface area contributed by atoms with Gasteiger partial charge in [0.15, 0.2) is 0 Å². The molecule has 5 heteroatoms. The number of carbonyl (C=O) groups excluding carboxylic acids is 1. The SMILES string of the molecule is O=C(O)c1ccc(C(=O)N2CCCC2c2ccco2)cc1. The molecule has 1 atom stereocenters. The summed E-state index contributed by atoms with van der Waals surface area (Å²) in [5, 5.41) is 8.89. The molecule has 0 bridgehead atoms. The number of rotatable bonds is 3. The van der Waals surface area contributed by atoms with Gasteiger partial charge in [-0.1, -0.05) is 0 Å². The van der Waals surface area contributed by atoms with Crippen molar-refractivity contribution < 1.29 is 19.1 Å². The molecule has 2 heterocycles. The quantitative estimate of drug-likeness (QED) is 0.941. The molecule has 0 radical (unpaired) electrons. The van der Waals surface area contributed by atoms with E-state index >= 15 is 0 Å². The molecule has 1 unspecified atom stereocenters. The molecular weight excluding hydrogens is 270 g/mol. The molecule has 1 saturated heterocycles. The lowest BCUT2D eigenvalue weighted by atomic mass is 10.1. The third-order valence-electron chi connectivity index (χ3n) is 3.76. The van der Waals surface area contributed by atoms with Crippen LogP contribution in [0.2, 0.25) is 0 Å². The number of carbonyl (C=O) groups is 2. The molecule has 1 aromatic heterocycles. The summed E-state index contributed by atoms with van der Waals surface area (Å²) in [5.41, 5.74) is 0.675. The molecule has 2 aromatic rings. The van der Waals surface area contributed by atoms with Gasteiger partial charge in [0.1, 0.15) is 5.76 Å². The van der Waals surface area contributed by atoms with Crippen molar-refractivity contribution in [3.63, 3.8) is 0 Å². The first-order chi connectivity index (χ1) is 10.2. The second-order valence-corrected chi connectivity index (χ2v) is 5.05. The molecule has 0 saturated carbocycles. The van der Waals surface area contributed by atoms with E-state index in [1.807, 2.05) is 12.1 Å². The zero-order chi connectivity index (χ0) is 14.8. The van der Waals surface area contributed by atoms with Crippen LogP contribution in [-0.2, 0) is 0 Å². The Morgan fingerprint density at radius 1 is 1.14 bits per heavy atom. The molecule has 0 aliphatic carbocycles. The van der Waals surface area contributed by atoms with Crippen LogP contribution in [0.25, 0.3) is 0 Å². The maximum atomic E-state index is 12.6. The van der Waals surface area contributed by atoms with Gasteiger partial charge in [-0.05, 0) is 49.2 Å². The third kappa shape index (κ3) is 2.54. The van der Waals surface area contributed by atoms with Crippen molar-refractivity contribution >= 4 is 11.9 Å². The Bertz CT molecular complexity index is 645. The van der Waals surface area contributed by atoms with E-state index in [4.69, 9.17) is 9.52 Å². The van der Waals surface area contributed by atoms with Crippen molar-refractivity contribution in [2.75, 3.05) is 6.54 Å². The predicted molar refractivity (Wildman–Crippen MR) is 75.1 cm³/mol. The molecule has 1 fully saturated rings. The van der Waals surface area contributed by atoms with Crippen LogP contribution in [0.4, 0.5) is 0 Å². The van der Waals surface area contributed by atoms with Crippen molar-refractivity contribution in [3.05, 3.63) is 59.5 Å². The van der Waals surface area contributed by atoms with Crippen molar-refractivity contribution in [2.24, 2.45) is 0 Å². The molecule has 1 aliphatic heterocycles. The molecule has 0 spiro atoms. The van der Waals surface area contributed by atoms with Gasteiger partial charge in [0, 0.05) is 12.1 Å². The lowest BCUT2D eigenvalue weighted by molar-refractivity contribution is 0.0690. The minimum atomic E-state index is -0.997. The van der Waals surface area contributed by atoms with Crippen LogP contribution in [0.15, 0.2) is 47.1 Å². The van der Waals surface area contributed by atoms with Gasteiger partial charge in [-0.25, -0.2) is 4.79 Å². The Labute approximate surface area is 121 Å². The zero-order valence-electron chi connectivity index (χ0n) is 11.4. The first-order valence-electron chi connectivity index (χ1n) is 6.84. The molecular formula is C16H15NO4. The Balaban J connectivity index is 1.82. The number of carboxylic acids is 1. The summed E-state index contributed by atoms with van der Waals surface area (Å²) in [6, 6.07) is 9.68. The summed E-state index contributed by atoms with van der Waals surface area (Å²) >= 11 is 0. The van der Waals surface area contributed by atoms with Gasteiger partial charge in [0.25, 0.3) is 5.91 Å². The molecule has 3 rings (SSSR count). The molecule has 1 N–H and O–H groups in total. The summed E-state index contributed by atoms with van der Waals surface area (Å²) < 4.78 is 5.41. The minimum Gasteiger partial charge on any atom is -0.478 e. The van der Waals surface area contributed by atoms with E-state index in [0.717, 1.165) is 18.6 Å². The molecule has 108 valence electrons. The predicted octanol–water partition coefficient (Wildman–Crippen LogP) is 2.96. The van der Waals surface area contributed by atoms with Crippen LogP contribution < -0.4 is 0 Å². The summed E-state index contributed by atoms with van der Waals surface area (Å²) in [6.45, 7) is 0.685. The molecule has 1 amide bonds. The van der Waals surface area contributed by atoms with Crippen LogP contribution in [0, 0.1) is 0 Å². The number of nitrogens with zero attached hydrogens (tertiary/aromatic N) is 1. The number of carboxylic acid groups (broad SMARTS) is 1. The van der Waals surface area contributed by atoms with Gasteiger partial charge in [-0.3, -0.25) is 4.79 Å². The largest absolute Gasteiger partial charge is 0.478 e. The van der Waals surface area contributed by atoms with E-state index in [2.05, 4.69) is 0 Å². The lowest BCUT2D eigenvalue weighted by Gasteiger charge is -2.23. The highest BCUT2D eigenvalue weighted by molar-refractivity contribution is 5.96.